The molecule has 5 rings (SSSR count). The fourth-order valence-electron chi connectivity index (χ4n) is 5.11. The molecule has 1 aliphatic heterocycles. The summed E-state index contributed by atoms with van der Waals surface area (Å²) in [6.45, 7) is 6.13. The molecule has 1 saturated heterocycles. The quantitative estimate of drug-likeness (QED) is 0.584. The van der Waals surface area contributed by atoms with Crippen LogP contribution in [0.3, 0.4) is 0 Å². The summed E-state index contributed by atoms with van der Waals surface area (Å²) >= 11 is 0. The van der Waals surface area contributed by atoms with Crippen molar-refractivity contribution >= 4 is 34.4 Å². The highest BCUT2D eigenvalue weighted by Crippen LogP contribution is 2.39. The van der Waals surface area contributed by atoms with Crippen LogP contribution in [0.2, 0.25) is 0 Å². The molecule has 0 radical (unpaired) electrons. The molecule has 1 aromatic heterocycles. The van der Waals surface area contributed by atoms with Gasteiger partial charge in [0.05, 0.1) is 16.8 Å². The average molecular weight is 440 g/mol. The number of benzene rings is 2. The van der Waals surface area contributed by atoms with Gasteiger partial charge in [-0.2, -0.15) is 0 Å². The summed E-state index contributed by atoms with van der Waals surface area (Å²) in [5, 5.41) is 0.920. The van der Waals surface area contributed by atoms with E-state index in [2.05, 4.69) is 25.1 Å². The first-order valence-electron chi connectivity index (χ1n) is 11.7. The molecule has 5 heteroatoms. The second kappa shape index (κ2) is 8.81. The summed E-state index contributed by atoms with van der Waals surface area (Å²) in [7, 11) is 0. The summed E-state index contributed by atoms with van der Waals surface area (Å²) < 4.78 is 0. The van der Waals surface area contributed by atoms with E-state index < -0.39 is 0 Å². The number of hydrogen-bond donors (Lipinski definition) is 0. The van der Waals surface area contributed by atoms with Crippen LogP contribution in [0.25, 0.3) is 22.6 Å². The average Bonchev–Trinajstić information content (AvgIpc) is 2.83. The lowest BCUT2D eigenvalue weighted by atomic mass is 9.80. The van der Waals surface area contributed by atoms with Gasteiger partial charge in [0.15, 0.2) is 0 Å². The van der Waals surface area contributed by atoms with Gasteiger partial charge in [-0.3, -0.25) is 9.59 Å². The van der Waals surface area contributed by atoms with E-state index in [0.29, 0.717) is 32.1 Å². The smallest absolute Gasteiger partial charge is 0.255 e. The Balaban J connectivity index is 1.62. The third-order valence-electron chi connectivity index (χ3n) is 6.78. The number of allylic oxidation sites excluding steroid dienone is 1. The number of amides is 2. The second-order valence-electron chi connectivity index (χ2n) is 9.22. The van der Waals surface area contributed by atoms with Crippen LogP contribution in [0.1, 0.15) is 47.4 Å². The van der Waals surface area contributed by atoms with Crippen molar-refractivity contribution in [3.63, 3.8) is 0 Å². The van der Waals surface area contributed by atoms with E-state index in [1.165, 1.54) is 5.57 Å². The Morgan fingerprint density at radius 3 is 2.30 bits per heavy atom. The highest BCUT2D eigenvalue weighted by Gasteiger charge is 2.31. The molecule has 3 aromatic rings. The van der Waals surface area contributed by atoms with Crippen LogP contribution in [-0.2, 0) is 11.2 Å². The van der Waals surface area contributed by atoms with Crippen molar-refractivity contribution in [1.82, 2.24) is 14.8 Å². The predicted octanol–water partition coefficient (Wildman–Crippen LogP) is 4.66. The zero-order chi connectivity index (χ0) is 22.9. The molecule has 2 heterocycles. The Kier molecular flexibility index (Phi) is 5.71. The van der Waals surface area contributed by atoms with Crippen molar-refractivity contribution in [3.8, 4) is 0 Å². The van der Waals surface area contributed by atoms with E-state index in [-0.39, 0.29) is 11.8 Å². The molecule has 1 fully saturated rings. The van der Waals surface area contributed by atoms with E-state index in [4.69, 9.17) is 4.98 Å². The molecule has 2 aromatic carbocycles. The van der Waals surface area contributed by atoms with Gasteiger partial charge in [-0.1, -0.05) is 55.5 Å². The Bertz CT molecular complexity index is 1240. The summed E-state index contributed by atoms with van der Waals surface area (Å²) in [5.41, 5.74) is 6.01. The summed E-state index contributed by atoms with van der Waals surface area (Å²) in [6, 6.07) is 18.3. The first-order valence-corrected chi connectivity index (χ1v) is 11.7. The SMILES string of the molecule is CC(=O)N1CCN(C(=O)c2c3c(nc4ccccc24)/C(=C\c2ccccc2)CC(C)C3)CC1. The van der Waals surface area contributed by atoms with Crippen LogP contribution in [0, 0.1) is 5.92 Å². The molecular weight excluding hydrogens is 410 g/mol. The molecule has 1 aliphatic carbocycles. The van der Waals surface area contributed by atoms with Crippen LogP contribution in [-0.4, -0.2) is 52.8 Å². The molecule has 1 atom stereocenters. The molecule has 0 N–H and O–H groups in total. The number of rotatable bonds is 2. The lowest BCUT2D eigenvalue weighted by molar-refractivity contribution is -0.130. The monoisotopic (exact) mass is 439 g/mol. The number of carbonyl (C=O) groups is 2. The number of carbonyl (C=O) groups excluding carboxylic acids is 2. The van der Waals surface area contributed by atoms with Crippen LogP contribution >= 0.6 is 0 Å². The van der Waals surface area contributed by atoms with Gasteiger partial charge in [-0.05, 0) is 47.6 Å². The van der Waals surface area contributed by atoms with Crippen LogP contribution in [0.4, 0.5) is 0 Å². The first-order chi connectivity index (χ1) is 16.0. The van der Waals surface area contributed by atoms with Crippen molar-refractivity contribution in [2.75, 3.05) is 26.2 Å². The number of para-hydroxylation sites is 1. The predicted molar refractivity (Wildman–Crippen MR) is 132 cm³/mol. The van der Waals surface area contributed by atoms with Gasteiger partial charge >= 0.3 is 0 Å². The standard InChI is InChI=1S/C28H29N3O2/c1-19-16-22(18-21-8-4-3-5-9-21)27-24(17-19)26(23-10-6-7-11-25(23)29-27)28(33)31-14-12-30(13-15-31)20(2)32/h3-11,18-19H,12-17H2,1-2H3/b22-18-. The maximum atomic E-state index is 13.9. The summed E-state index contributed by atoms with van der Waals surface area (Å²) in [5.74, 6) is 0.552. The molecule has 5 nitrogen and oxygen atoms in total. The Hall–Kier alpha value is -3.47. The van der Waals surface area contributed by atoms with Crippen molar-refractivity contribution in [2.45, 2.75) is 26.7 Å². The molecule has 2 aliphatic rings. The third kappa shape index (κ3) is 4.15. The molecule has 0 bridgehead atoms. The molecular formula is C28H29N3O2. The maximum Gasteiger partial charge on any atom is 0.255 e. The van der Waals surface area contributed by atoms with E-state index >= 15 is 0 Å². The highest BCUT2D eigenvalue weighted by molar-refractivity contribution is 6.09. The minimum absolute atomic E-state index is 0.0567. The van der Waals surface area contributed by atoms with Gasteiger partial charge in [0.1, 0.15) is 0 Å². The van der Waals surface area contributed by atoms with Crippen molar-refractivity contribution < 1.29 is 9.59 Å². The minimum Gasteiger partial charge on any atom is -0.339 e. The molecule has 2 amide bonds. The van der Waals surface area contributed by atoms with Crippen LogP contribution in [0.5, 0.6) is 0 Å². The molecule has 33 heavy (non-hydrogen) atoms. The van der Waals surface area contributed by atoms with E-state index in [9.17, 15) is 9.59 Å². The lowest BCUT2D eigenvalue weighted by Gasteiger charge is -2.35. The number of pyridine rings is 1. The minimum atomic E-state index is 0.0567. The third-order valence-corrected chi connectivity index (χ3v) is 6.78. The Morgan fingerprint density at radius 1 is 0.909 bits per heavy atom. The largest absolute Gasteiger partial charge is 0.339 e. The number of nitrogens with zero attached hydrogens (tertiary/aromatic N) is 3. The number of hydrogen-bond acceptors (Lipinski definition) is 3. The fourth-order valence-corrected chi connectivity index (χ4v) is 5.11. The van der Waals surface area contributed by atoms with Gasteiger partial charge in [0, 0.05) is 38.5 Å². The number of piperazine rings is 1. The Labute approximate surface area is 194 Å². The van der Waals surface area contributed by atoms with Crippen molar-refractivity contribution in [2.24, 2.45) is 5.92 Å². The lowest BCUT2D eigenvalue weighted by Crippen LogP contribution is -2.50. The van der Waals surface area contributed by atoms with Gasteiger partial charge < -0.3 is 9.80 Å². The molecule has 0 saturated carbocycles. The zero-order valence-corrected chi connectivity index (χ0v) is 19.3. The van der Waals surface area contributed by atoms with Gasteiger partial charge in [0.2, 0.25) is 5.91 Å². The second-order valence-corrected chi connectivity index (χ2v) is 9.22. The number of aromatic nitrogens is 1. The molecule has 1 unspecified atom stereocenters. The van der Waals surface area contributed by atoms with Crippen molar-refractivity contribution in [1.29, 1.82) is 0 Å². The Morgan fingerprint density at radius 2 is 1.58 bits per heavy atom. The zero-order valence-electron chi connectivity index (χ0n) is 19.3. The highest BCUT2D eigenvalue weighted by atomic mass is 16.2. The van der Waals surface area contributed by atoms with Crippen LogP contribution < -0.4 is 0 Å². The summed E-state index contributed by atoms with van der Waals surface area (Å²) in [4.78, 5) is 34.4. The molecule has 0 spiro atoms. The van der Waals surface area contributed by atoms with E-state index in [1.54, 1.807) is 6.92 Å². The summed E-state index contributed by atoms with van der Waals surface area (Å²) in [6.07, 6.45) is 4.00. The van der Waals surface area contributed by atoms with Crippen molar-refractivity contribution in [3.05, 3.63) is 77.0 Å². The van der Waals surface area contributed by atoms with Gasteiger partial charge in [-0.25, -0.2) is 4.98 Å². The van der Waals surface area contributed by atoms with Crippen LogP contribution in [0.15, 0.2) is 54.6 Å². The molecule has 168 valence electrons. The normalized spacial score (nSPS) is 19.6. The van der Waals surface area contributed by atoms with Gasteiger partial charge in [0.25, 0.3) is 5.91 Å². The van der Waals surface area contributed by atoms with Gasteiger partial charge in [-0.15, -0.1) is 0 Å². The van der Waals surface area contributed by atoms with E-state index in [0.717, 1.165) is 46.1 Å². The fraction of sp³-hybridized carbons (Fsp3) is 0.321. The maximum absolute atomic E-state index is 13.9. The van der Waals surface area contributed by atoms with E-state index in [1.807, 2.05) is 52.3 Å². The number of fused-ring (bicyclic) bond motifs is 2. The topological polar surface area (TPSA) is 53.5 Å². The first kappa shape index (κ1) is 21.4.